The van der Waals surface area contributed by atoms with Gasteiger partial charge in [0.1, 0.15) is 6.54 Å². The number of benzene rings is 1. The van der Waals surface area contributed by atoms with Gasteiger partial charge in [-0.25, -0.2) is 5.06 Å². The lowest BCUT2D eigenvalue weighted by Gasteiger charge is -2.11. The number of hydroxylamine groups is 2. The van der Waals surface area contributed by atoms with Crippen LogP contribution in [0, 0.1) is 0 Å². The standard InChI is InChI=1S/C9H9NO4/c11-8(12)6-10(14)9(13)7-4-2-1-3-5-7/h1-5,14H,6H2,(H,11,12). The van der Waals surface area contributed by atoms with E-state index >= 15 is 0 Å². The molecule has 0 unspecified atom stereocenters. The Balaban J connectivity index is 2.71. The number of carboxylic acids is 1. The van der Waals surface area contributed by atoms with Gasteiger partial charge in [-0.1, -0.05) is 18.2 Å². The number of aliphatic carboxylic acids is 1. The summed E-state index contributed by atoms with van der Waals surface area (Å²) in [5, 5.41) is 17.5. The fraction of sp³-hybridized carbons (Fsp3) is 0.111. The van der Waals surface area contributed by atoms with Gasteiger partial charge in [-0.05, 0) is 12.1 Å². The number of carbonyl (C=O) groups is 2. The highest BCUT2D eigenvalue weighted by Gasteiger charge is 2.15. The van der Waals surface area contributed by atoms with Crippen LogP contribution in [-0.2, 0) is 4.79 Å². The molecular formula is C9H9NO4. The highest BCUT2D eigenvalue weighted by molar-refractivity contribution is 5.94. The van der Waals surface area contributed by atoms with Crippen molar-refractivity contribution in [2.24, 2.45) is 0 Å². The maximum absolute atomic E-state index is 11.3. The minimum Gasteiger partial charge on any atom is -0.480 e. The first-order valence-corrected chi connectivity index (χ1v) is 3.89. The molecule has 14 heavy (non-hydrogen) atoms. The zero-order chi connectivity index (χ0) is 10.6. The smallest absolute Gasteiger partial charge is 0.325 e. The molecule has 5 heteroatoms. The van der Waals surface area contributed by atoms with Gasteiger partial charge in [-0.15, -0.1) is 0 Å². The maximum Gasteiger partial charge on any atom is 0.325 e. The normalized spacial score (nSPS) is 9.50. The van der Waals surface area contributed by atoms with Crippen molar-refractivity contribution in [2.75, 3.05) is 6.54 Å². The number of hydrogen-bond acceptors (Lipinski definition) is 3. The van der Waals surface area contributed by atoms with E-state index in [0.29, 0.717) is 0 Å². The van der Waals surface area contributed by atoms with Crippen molar-refractivity contribution in [1.29, 1.82) is 0 Å². The second kappa shape index (κ2) is 4.38. The van der Waals surface area contributed by atoms with Crippen LogP contribution in [0.15, 0.2) is 30.3 Å². The van der Waals surface area contributed by atoms with Crippen LogP contribution in [0.5, 0.6) is 0 Å². The second-order valence-electron chi connectivity index (χ2n) is 2.62. The first-order chi connectivity index (χ1) is 6.61. The molecule has 0 heterocycles. The molecule has 0 bridgehead atoms. The van der Waals surface area contributed by atoms with Crippen molar-refractivity contribution >= 4 is 11.9 Å². The topological polar surface area (TPSA) is 77.8 Å². The van der Waals surface area contributed by atoms with E-state index in [-0.39, 0.29) is 10.6 Å². The summed E-state index contributed by atoms with van der Waals surface area (Å²) in [5.41, 5.74) is 0.247. The third-order valence-electron chi connectivity index (χ3n) is 1.54. The van der Waals surface area contributed by atoms with Gasteiger partial charge >= 0.3 is 5.97 Å². The van der Waals surface area contributed by atoms with Gasteiger partial charge in [0.25, 0.3) is 5.91 Å². The van der Waals surface area contributed by atoms with Gasteiger partial charge in [0.2, 0.25) is 0 Å². The molecule has 0 aliphatic rings. The zero-order valence-corrected chi connectivity index (χ0v) is 7.25. The van der Waals surface area contributed by atoms with Crippen LogP contribution in [0.25, 0.3) is 0 Å². The molecule has 0 aliphatic heterocycles. The number of rotatable bonds is 3. The Morgan fingerprint density at radius 1 is 1.21 bits per heavy atom. The van der Waals surface area contributed by atoms with Gasteiger partial charge in [0.05, 0.1) is 0 Å². The quantitative estimate of drug-likeness (QED) is 0.547. The Bertz CT molecular complexity index is 336. The first kappa shape index (κ1) is 10.2. The molecule has 74 valence electrons. The van der Waals surface area contributed by atoms with Crippen molar-refractivity contribution in [3.05, 3.63) is 35.9 Å². The molecule has 0 fully saturated rings. The van der Waals surface area contributed by atoms with E-state index < -0.39 is 18.4 Å². The second-order valence-corrected chi connectivity index (χ2v) is 2.62. The number of hydrogen-bond donors (Lipinski definition) is 2. The Morgan fingerprint density at radius 3 is 2.29 bits per heavy atom. The minimum absolute atomic E-state index is 0.164. The van der Waals surface area contributed by atoms with E-state index in [1.54, 1.807) is 18.2 Å². The van der Waals surface area contributed by atoms with Crippen LogP contribution in [0.4, 0.5) is 0 Å². The molecule has 0 saturated heterocycles. The predicted octanol–water partition coefficient (Wildman–Crippen LogP) is 0.603. The molecule has 2 N–H and O–H groups in total. The molecule has 0 saturated carbocycles. The molecular weight excluding hydrogens is 186 g/mol. The Labute approximate surface area is 80.2 Å². The van der Waals surface area contributed by atoms with E-state index in [2.05, 4.69) is 0 Å². The lowest BCUT2D eigenvalue weighted by Crippen LogP contribution is -2.32. The summed E-state index contributed by atoms with van der Waals surface area (Å²) in [6.45, 7) is -0.728. The first-order valence-electron chi connectivity index (χ1n) is 3.89. The van der Waals surface area contributed by atoms with Crippen LogP contribution in [0.2, 0.25) is 0 Å². The summed E-state index contributed by atoms with van der Waals surface area (Å²) < 4.78 is 0. The summed E-state index contributed by atoms with van der Waals surface area (Å²) in [6, 6.07) is 7.96. The Hall–Kier alpha value is -1.88. The highest BCUT2D eigenvalue weighted by Crippen LogP contribution is 2.02. The average molecular weight is 195 g/mol. The fourth-order valence-corrected chi connectivity index (χ4v) is 0.930. The van der Waals surface area contributed by atoms with Crippen molar-refractivity contribution in [1.82, 2.24) is 5.06 Å². The van der Waals surface area contributed by atoms with Crippen LogP contribution in [-0.4, -0.2) is 33.8 Å². The number of amides is 1. The molecule has 1 amide bonds. The molecule has 0 aromatic heterocycles. The third kappa shape index (κ3) is 2.56. The van der Waals surface area contributed by atoms with E-state index in [9.17, 15) is 9.59 Å². The number of carbonyl (C=O) groups excluding carboxylic acids is 1. The zero-order valence-electron chi connectivity index (χ0n) is 7.25. The van der Waals surface area contributed by atoms with Gasteiger partial charge in [-0.3, -0.25) is 14.8 Å². The minimum atomic E-state index is -1.27. The maximum atomic E-state index is 11.3. The van der Waals surface area contributed by atoms with Gasteiger partial charge < -0.3 is 5.11 Å². The fourth-order valence-electron chi connectivity index (χ4n) is 0.930. The largest absolute Gasteiger partial charge is 0.480 e. The molecule has 0 spiro atoms. The van der Waals surface area contributed by atoms with Gasteiger partial charge in [0, 0.05) is 5.56 Å². The Kier molecular flexibility index (Phi) is 3.19. The van der Waals surface area contributed by atoms with Crippen LogP contribution >= 0.6 is 0 Å². The number of nitrogens with zero attached hydrogens (tertiary/aromatic N) is 1. The van der Waals surface area contributed by atoms with Crippen molar-refractivity contribution in [3.8, 4) is 0 Å². The molecule has 1 aromatic carbocycles. The lowest BCUT2D eigenvalue weighted by molar-refractivity contribution is -0.146. The monoisotopic (exact) mass is 195 g/mol. The van der Waals surface area contributed by atoms with Crippen LogP contribution < -0.4 is 0 Å². The molecule has 0 radical (unpaired) electrons. The Morgan fingerprint density at radius 2 is 1.79 bits per heavy atom. The lowest BCUT2D eigenvalue weighted by atomic mass is 10.2. The molecule has 5 nitrogen and oxygen atoms in total. The van der Waals surface area contributed by atoms with Crippen molar-refractivity contribution in [2.45, 2.75) is 0 Å². The molecule has 1 aromatic rings. The van der Waals surface area contributed by atoms with Crippen molar-refractivity contribution < 1.29 is 19.9 Å². The van der Waals surface area contributed by atoms with E-state index in [0.717, 1.165) is 0 Å². The summed E-state index contributed by atoms with van der Waals surface area (Å²) in [6.07, 6.45) is 0. The summed E-state index contributed by atoms with van der Waals surface area (Å²) in [7, 11) is 0. The average Bonchev–Trinajstić information content (AvgIpc) is 2.17. The van der Waals surface area contributed by atoms with E-state index in [1.807, 2.05) is 0 Å². The summed E-state index contributed by atoms with van der Waals surface area (Å²) in [4.78, 5) is 21.5. The third-order valence-corrected chi connectivity index (χ3v) is 1.54. The summed E-state index contributed by atoms with van der Waals surface area (Å²) >= 11 is 0. The van der Waals surface area contributed by atoms with E-state index in [4.69, 9.17) is 10.3 Å². The SMILES string of the molecule is O=C(O)CN(O)C(=O)c1ccccc1. The molecule has 0 atom stereocenters. The van der Waals surface area contributed by atoms with Gasteiger partial charge in [0.15, 0.2) is 0 Å². The molecule has 1 rings (SSSR count). The highest BCUT2D eigenvalue weighted by atomic mass is 16.5. The number of carboxylic acid groups (broad SMARTS) is 1. The van der Waals surface area contributed by atoms with Gasteiger partial charge in [-0.2, -0.15) is 0 Å². The van der Waals surface area contributed by atoms with Crippen molar-refractivity contribution in [3.63, 3.8) is 0 Å². The summed E-state index contributed by atoms with van der Waals surface area (Å²) in [5.74, 6) is -2.00. The predicted molar refractivity (Wildman–Crippen MR) is 46.9 cm³/mol. The van der Waals surface area contributed by atoms with E-state index in [1.165, 1.54) is 12.1 Å². The molecule has 0 aliphatic carbocycles. The van der Waals surface area contributed by atoms with Crippen LogP contribution in [0.3, 0.4) is 0 Å². The van der Waals surface area contributed by atoms with Crippen LogP contribution in [0.1, 0.15) is 10.4 Å².